The van der Waals surface area contributed by atoms with Gasteiger partial charge in [0.2, 0.25) is 0 Å². The fraction of sp³-hybridized carbons (Fsp3) is 0.250. The quantitative estimate of drug-likeness (QED) is 0.811. The normalized spacial score (nSPS) is 11.6. The third-order valence-corrected chi connectivity index (χ3v) is 3.83. The lowest BCUT2D eigenvalue weighted by Gasteiger charge is -2.15. The third kappa shape index (κ3) is 4.22. The van der Waals surface area contributed by atoms with E-state index in [4.69, 9.17) is 4.74 Å². The number of benzene rings is 2. The molecule has 2 rings (SSSR count). The smallest absolute Gasteiger partial charge is 0.251 e. The highest BCUT2D eigenvalue weighted by molar-refractivity contribution is 5.94. The molecule has 1 amide bonds. The Bertz CT molecular complexity index is 689. The Balaban J connectivity index is 2.15. The number of ether oxygens (including phenoxy) is 1. The van der Waals surface area contributed by atoms with Crippen LogP contribution < -0.4 is 10.1 Å². The predicted molar refractivity (Wildman–Crippen MR) is 94.0 cm³/mol. The molecule has 120 valence electrons. The van der Waals surface area contributed by atoms with Gasteiger partial charge in [0.1, 0.15) is 5.75 Å². The first-order chi connectivity index (χ1) is 11.0. The molecule has 0 bridgehead atoms. The van der Waals surface area contributed by atoms with Gasteiger partial charge in [-0.2, -0.15) is 0 Å². The Kier molecular flexibility index (Phi) is 5.58. The van der Waals surface area contributed by atoms with E-state index in [1.54, 1.807) is 19.3 Å². The molecule has 0 aliphatic carbocycles. The summed E-state index contributed by atoms with van der Waals surface area (Å²) in [5.41, 5.74) is 3.88. The van der Waals surface area contributed by atoms with Crippen LogP contribution in [0.5, 0.6) is 5.75 Å². The maximum Gasteiger partial charge on any atom is 0.251 e. The molecule has 1 N–H and O–H groups in total. The van der Waals surface area contributed by atoms with Gasteiger partial charge < -0.3 is 10.1 Å². The van der Waals surface area contributed by atoms with Gasteiger partial charge >= 0.3 is 0 Å². The number of methoxy groups -OCH3 is 1. The zero-order chi connectivity index (χ0) is 16.8. The Labute approximate surface area is 138 Å². The van der Waals surface area contributed by atoms with Crippen LogP contribution in [-0.4, -0.2) is 13.0 Å². The molecule has 1 atom stereocenters. The monoisotopic (exact) mass is 309 g/mol. The number of rotatable bonds is 6. The molecular weight excluding hydrogens is 286 g/mol. The molecule has 3 heteroatoms. The Morgan fingerprint density at radius 2 is 1.96 bits per heavy atom. The van der Waals surface area contributed by atoms with Gasteiger partial charge in [-0.05, 0) is 49.6 Å². The molecule has 2 aromatic rings. The number of carbonyl (C=O) groups is 1. The van der Waals surface area contributed by atoms with E-state index in [1.807, 2.05) is 50.2 Å². The van der Waals surface area contributed by atoms with Crippen LogP contribution in [0.3, 0.4) is 0 Å². The van der Waals surface area contributed by atoms with E-state index < -0.39 is 0 Å². The fourth-order valence-electron chi connectivity index (χ4n) is 2.45. The van der Waals surface area contributed by atoms with Crippen molar-refractivity contribution in [3.05, 3.63) is 77.4 Å². The van der Waals surface area contributed by atoms with Crippen LogP contribution in [-0.2, 0) is 6.42 Å². The predicted octanol–water partition coefficient (Wildman–Crippen LogP) is 4.22. The van der Waals surface area contributed by atoms with Crippen LogP contribution in [0.15, 0.2) is 55.1 Å². The van der Waals surface area contributed by atoms with Crippen LogP contribution in [0.25, 0.3) is 0 Å². The van der Waals surface area contributed by atoms with Crippen LogP contribution in [0.4, 0.5) is 0 Å². The highest BCUT2D eigenvalue weighted by Gasteiger charge is 2.13. The van der Waals surface area contributed by atoms with Gasteiger partial charge in [-0.25, -0.2) is 0 Å². The van der Waals surface area contributed by atoms with Crippen LogP contribution >= 0.6 is 0 Å². The topological polar surface area (TPSA) is 38.3 Å². The van der Waals surface area contributed by atoms with Crippen LogP contribution in [0.1, 0.15) is 40.0 Å². The van der Waals surface area contributed by atoms with Crippen LogP contribution in [0.2, 0.25) is 0 Å². The van der Waals surface area contributed by atoms with Gasteiger partial charge in [-0.1, -0.05) is 35.9 Å². The van der Waals surface area contributed by atoms with Gasteiger partial charge in [0.25, 0.3) is 5.91 Å². The molecular formula is C20H23NO2. The summed E-state index contributed by atoms with van der Waals surface area (Å²) in [5, 5.41) is 3.03. The Morgan fingerprint density at radius 3 is 2.57 bits per heavy atom. The number of hydrogen-bond donors (Lipinski definition) is 1. The molecule has 23 heavy (non-hydrogen) atoms. The van der Waals surface area contributed by atoms with Crippen molar-refractivity contribution in [3.63, 3.8) is 0 Å². The van der Waals surface area contributed by atoms with Crippen molar-refractivity contribution in [3.8, 4) is 5.75 Å². The minimum Gasteiger partial charge on any atom is -0.496 e. The first kappa shape index (κ1) is 16.8. The number of amides is 1. The summed E-state index contributed by atoms with van der Waals surface area (Å²) in [4.78, 5) is 12.5. The molecule has 0 heterocycles. The van der Waals surface area contributed by atoms with Gasteiger partial charge in [-0.3, -0.25) is 4.79 Å². The summed E-state index contributed by atoms with van der Waals surface area (Å²) < 4.78 is 5.31. The lowest BCUT2D eigenvalue weighted by atomic mass is 10.0. The molecule has 2 aromatic carbocycles. The summed E-state index contributed by atoms with van der Waals surface area (Å²) in [6, 6.07) is 13.6. The number of carbonyl (C=O) groups excluding carboxylic acids is 1. The lowest BCUT2D eigenvalue weighted by Crippen LogP contribution is -2.26. The van der Waals surface area contributed by atoms with Crippen molar-refractivity contribution in [1.82, 2.24) is 5.32 Å². The molecule has 0 aliphatic heterocycles. The van der Waals surface area contributed by atoms with Crippen molar-refractivity contribution in [1.29, 1.82) is 0 Å². The summed E-state index contributed by atoms with van der Waals surface area (Å²) in [6.07, 6.45) is 2.46. The van der Waals surface area contributed by atoms with Crippen molar-refractivity contribution >= 4 is 5.91 Å². The van der Waals surface area contributed by atoms with E-state index in [-0.39, 0.29) is 11.9 Å². The maximum atomic E-state index is 12.5. The highest BCUT2D eigenvalue weighted by atomic mass is 16.5. The molecule has 0 spiro atoms. The van der Waals surface area contributed by atoms with E-state index in [0.29, 0.717) is 12.0 Å². The molecule has 3 nitrogen and oxygen atoms in total. The number of aryl methyl sites for hydroxylation is 1. The number of nitrogens with one attached hydrogen (secondary N) is 1. The van der Waals surface area contributed by atoms with Crippen molar-refractivity contribution in [2.45, 2.75) is 26.3 Å². The molecule has 0 saturated heterocycles. The number of hydrogen-bond acceptors (Lipinski definition) is 2. The highest BCUT2D eigenvalue weighted by Crippen LogP contribution is 2.21. The van der Waals surface area contributed by atoms with E-state index in [1.165, 1.54) is 5.56 Å². The summed E-state index contributed by atoms with van der Waals surface area (Å²) in [6.45, 7) is 7.77. The fourth-order valence-corrected chi connectivity index (χ4v) is 2.45. The summed E-state index contributed by atoms with van der Waals surface area (Å²) >= 11 is 0. The van der Waals surface area contributed by atoms with E-state index in [0.717, 1.165) is 16.9 Å². The average Bonchev–Trinajstić information content (AvgIpc) is 2.55. The zero-order valence-electron chi connectivity index (χ0n) is 13.9. The van der Waals surface area contributed by atoms with E-state index >= 15 is 0 Å². The second-order valence-corrected chi connectivity index (χ2v) is 5.63. The summed E-state index contributed by atoms with van der Waals surface area (Å²) in [5.74, 6) is 0.680. The van der Waals surface area contributed by atoms with Gasteiger partial charge in [0, 0.05) is 5.56 Å². The maximum absolute atomic E-state index is 12.5. The van der Waals surface area contributed by atoms with Crippen molar-refractivity contribution in [2.24, 2.45) is 0 Å². The molecule has 0 fully saturated rings. The lowest BCUT2D eigenvalue weighted by molar-refractivity contribution is 0.0939. The van der Waals surface area contributed by atoms with Gasteiger partial charge in [0.05, 0.1) is 13.2 Å². The second kappa shape index (κ2) is 7.63. The first-order valence-electron chi connectivity index (χ1n) is 7.70. The Hall–Kier alpha value is -2.55. The molecule has 0 unspecified atom stereocenters. The van der Waals surface area contributed by atoms with Crippen LogP contribution in [0, 0.1) is 6.92 Å². The minimum atomic E-state index is -0.0916. The van der Waals surface area contributed by atoms with E-state index in [2.05, 4.69) is 11.9 Å². The number of allylic oxidation sites excluding steroid dienone is 1. The summed E-state index contributed by atoms with van der Waals surface area (Å²) in [7, 11) is 1.63. The minimum absolute atomic E-state index is 0.0481. The van der Waals surface area contributed by atoms with Gasteiger partial charge in [-0.15, -0.1) is 6.58 Å². The van der Waals surface area contributed by atoms with E-state index in [9.17, 15) is 4.79 Å². The third-order valence-electron chi connectivity index (χ3n) is 3.83. The Morgan fingerprint density at radius 1 is 1.26 bits per heavy atom. The molecule has 0 aromatic heterocycles. The molecule has 0 saturated carbocycles. The van der Waals surface area contributed by atoms with Crippen molar-refractivity contribution in [2.75, 3.05) is 7.11 Å². The average molecular weight is 309 g/mol. The van der Waals surface area contributed by atoms with Crippen molar-refractivity contribution < 1.29 is 9.53 Å². The molecule has 0 aliphatic rings. The first-order valence-corrected chi connectivity index (χ1v) is 7.70. The standard InChI is InChI=1S/C20H23NO2/c1-5-6-17-13-18(11-12-19(17)23-4)20(22)21-15(3)16-9-7-14(2)8-10-16/h5,7-13,15H,1,6H2,2-4H3,(H,21,22)/t15-/m1/s1. The van der Waals surface area contributed by atoms with Gasteiger partial charge in [0.15, 0.2) is 0 Å². The SMILES string of the molecule is C=CCc1cc(C(=O)N[C@H](C)c2ccc(C)cc2)ccc1OC. The largest absolute Gasteiger partial charge is 0.496 e. The second-order valence-electron chi connectivity index (χ2n) is 5.63. The zero-order valence-corrected chi connectivity index (χ0v) is 13.9. The molecule has 0 radical (unpaired) electrons.